The normalized spacial score (nSPS) is 14.0. The van der Waals surface area contributed by atoms with Crippen molar-refractivity contribution in [2.75, 3.05) is 31.2 Å². The number of amides is 3. The van der Waals surface area contributed by atoms with Crippen LogP contribution >= 0.6 is 0 Å². The molecule has 0 spiro atoms. The molecule has 33 heavy (non-hydrogen) atoms. The zero-order chi connectivity index (χ0) is 23.8. The molecule has 2 N–H and O–H groups in total. The second kappa shape index (κ2) is 11.4. The summed E-state index contributed by atoms with van der Waals surface area (Å²) in [6, 6.07) is 12.1. The highest BCUT2D eigenvalue weighted by Gasteiger charge is 2.22. The molecule has 1 fully saturated rings. The quantitative estimate of drug-likeness (QED) is 0.576. The van der Waals surface area contributed by atoms with Gasteiger partial charge in [-0.2, -0.15) is 0 Å². The first-order valence-electron chi connectivity index (χ1n) is 11.3. The molecule has 0 bridgehead atoms. The average molecular weight is 454 g/mol. The molecule has 0 aromatic heterocycles. The lowest BCUT2D eigenvalue weighted by atomic mass is 10.1. The van der Waals surface area contributed by atoms with Gasteiger partial charge in [-0.25, -0.2) is 0 Å². The molecule has 8 heteroatoms. The lowest BCUT2D eigenvalue weighted by Crippen LogP contribution is -2.38. The molecule has 3 amide bonds. The summed E-state index contributed by atoms with van der Waals surface area (Å²) >= 11 is 0. The first-order valence-corrected chi connectivity index (χ1v) is 11.3. The summed E-state index contributed by atoms with van der Waals surface area (Å²) in [5.41, 5.74) is 2.08. The minimum atomic E-state index is -0.350. The summed E-state index contributed by atoms with van der Waals surface area (Å²) in [7, 11) is 0. The number of nitrogens with one attached hydrogen (secondary N) is 2. The van der Waals surface area contributed by atoms with Crippen molar-refractivity contribution in [1.82, 2.24) is 10.6 Å². The van der Waals surface area contributed by atoms with Crippen molar-refractivity contribution in [1.29, 1.82) is 0 Å². The Labute approximate surface area is 194 Å². The molecule has 176 valence electrons. The van der Waals surface area contributed by atoms with E-state index in [-0.39, 0.29) is 30.3 Å². The highest BCUT2D eigenvalue weighted by atomic mass is 16.5. The third-order valence-electron chi connectivity index (χ3n) is 5.37. The Morgan fingerprint density at radius 2 is 1.73 bits per heavy atom. The molecule has 0 aliphatic carbocycles. The van der Waals surface area contributed by atoms with Gasteiger partial charge in [0.05, 0.1) is 25.8 Å². The molecule has 2 aromatic rings. The SMILES string of the molecule is CCOc1ccc(C(C)NC(=O)CNC(=O)c2ccc(N3CCCC3=O)cc2)cc1OCC. The molecule has 8 nitrogen and oxygen atoms in total. The van der Waals surface area contributed by atoms with Gasteiger partial charge < -0.3 is 25.0 Å². The summed E-state index contributed by atoms with van der Waals surface area (Å²) in [5.74, 6) is 0.733. The Bertz CT molecular complexity index is 990. The number of carbonyl (C=O) groups excluding carboxylic acids is 3. The fraction of sp³-hybridized carbons (Fsp3) is 0.400. The second-order valence-electron chi connectivity index (χ2n) is 7.74. The number of ether oxygens (including phenoxy) is 2. The zero-order valence-corrected chi connectivity index (χ0v) is 19.3. The van der Waals surface area contributed by atoms with E-state index in [0.717, 1.165) is 17.7 Å². The third kappa shape index (κ3) is 6.25. The highest BCUT2D eigenvalue weighted by Crippen LogP contribution is 2.30. The number of carbonyl (C=O) groups is 3. The Hall–Kier alpha value is -3.55. The third-order valence-corrected chi connectivity index (χ3v) is 5.37. The Morgan fingerprint density at radius 3 is 2.36 bits per heavy atom. The van der Waals surface area contributed by atoms with Gasteiger partial charge in [0.15, 0.2) is 11.5 Å². The van der Waals surface area contributed by atoms with Crippen LogP contribution in [0.25, 0.3) is 0 Å². The van der Waals surface area contributed by atoms with E-state index in [4.69, 9.17) is 9.47 Å². The Balaban J connectivity index is 1.52. The number of rotatable bonds is 10. The predicted octanol–water partition coefficient (Wildman–Crippen LogP) is 3.22. The van der Waals surface area contributed by atoms with E-state index in [0.29, 0.717) is 43.2 Å². The Kier molecular flexibility index (Phi) is 8.29. The molecule has 1 saturated heterocycles. The molecule has 3 rings (SSSR count). The molecule has 0 radical (unpaired) electrons. The van der Waals surface area contributed by atoms with Crippen LogP contribution in [-0.4, -0.2) is 44.0 Å². The highest BCUT2D eigenvalue weighted by molar-refractivity contribution is 5.98. The molecule has 1 aliphatic rings. The van der Waals surface area contributed by atoms with Gasteiger partial charge in [-0.1, -0.05) is 6.07 Å². The minimum Gasteiger partial charge on any atom is -0.490 e. The summed E-state index contributed by atoms with van der Waals surface area (Å²) in [5, 5.41) is 5.52. The van der Waals surface area contributed by atoms with Crippen molar-refractivity contribution in [2.45, 2.75) is 39.7 Å². The first kappa shape index (κ1) is 24.1. The largest absolute Gasteiger partial charge is 0.490 e. The second-order valence-corrected chi connectivity index (χ2v) is 7.74. The standard InChI is InChI=1S/C25H31N3O5/c1-4-32-21-13-10-19(15-22(21)33-5-2)17(3)27-23(29)16-26-25(31)18-8-11-20(12-9-18)28-14-6-7-24(28)30/h8-13,15,17H,4-7,14,16H2,1-3H3,(H,26,31)(H,27,29). The lowest BCUT2D eigenvalue weighted by molar-refractivity contribution is -0.120. The van der Waals surface area contributed by atoms with Crippen LogP contribution < -0.4 is 25.0 Å². The van der Waals surface area contributed by atoms with Gasteiger partial charge in [-0.15, -0.1) is 0 Å². The average Bonchev–Trinajstić information content (AvgIpc) is 3.24. The molecule has 1 atom stereocenters. The van der Waals surface area contributed by atoms with Crippen molar-refractivity contribution in [2.24, 2.45) is 0 Å². The van der Waals surface area contributed by atoms with Crippen molar-refractivity contribution in [3.8, 4) is 11.5 Å². The molecule has 2 aromatic carbocycles. The topological polar surface area (TPSA) is 97.0 Å². The number of benzene rings is 2. The fourth-order valence-corrected chi connectivity index (χ4v) is 3.69. The summed E-state index contributed by atoms with van der Waals surface area (Å²) in [4.78, 5) is 38.4. The summed E-state index contributed by atoms with van der Waals surface area (Å²) < 4.78 is 11.2. The van der Waals surface area contributed by atoms with Crippen LogP contribution in [0.15, 0.2) is 42.5 Å². The van der Waals surface area contributed by atoms with Crippen LogP contribution in [0.3, 0.4) is 0 Å². The van der Waals surface area contributed by atoms with E-state index in [1.165, 1.54) is 0 Å². The fourth-order valence-electron chi connectivity index (χ4n) is 3.69. The number of anilines is 1. The van der Waals surface area contributed by atoms with Crippen LogP contribution in [-0.2, 0) is 9.59 Å². The van der Waals surface area contributed by atoms with Crippen molar-refractivity contribution < 1.29 is 23.9 Å². The van der Waals surface area contributed by atoms with Gasteiger partial charge in [0.2, 0.25) is 11.8 Å². The van der Waals surface area contributed by atoms with Crippen LogP contribution in [0.1, 0.15) is 55.6 Å². The van der Waals surface area contributed by atoms with Gasteiger partial charge >= 0.3 is 0 Å². The molecule has 1 unspecified atom stereocenters. The number of nitrogens with zero attached hydrogens (tertiary/aromatic N) is 1. The Morgan fingerprint density at radius 1 is 1.03 bits per heavy atom. The lowest BCUT2D eigenvalue weighted by Gasteiger charge is -2.18. The zero-order valence-electron chi connectivity index (χ0n) is 19.3. The van der Waals surface area contributed by atoms with Crippen LogP contribution in [0.2, 0.25) is 0 Å². The molecule has 1 aliphatic heterocycles. The van der Waals surface area contributed by atoms with E-state index >= 15 is 0 Å². The maximum atomic E-state index is 12.4. The smallest absolute Gasteiger partial charge is 0.251 e. The predicted molar refractivity (Wildman–Crippen MR) is 126 cm³/mol. The summed E-state index contributed by atoms with van der Waals surface area (Å²) in [6.45, 7) is 7.26. The maximum absolute atomic E-state index is 12.4. The monoisotopic (exact) mass is 453 g/mol. The van der Waals surface area contributed by atoms with Gasteiger partial charge in [-0.05, 0) is 69.2 Å². The van der Waals surface area contributed by atoms with Crippen molar-refractivity contribution in [3.05, 3.63) is 53.6 Å². The molecular weight excluding hydrogens is 422 g/mol. The first-order chi connectivity index (χ1) is 15.9. The van der Waals surface area contributed by atoms with Crippen LogP contribution in [0.4, 0.5) is 5.69 Å². The van der Waals surface area contributed by atoms with Crippen LogP contribution in [0.5, 0.6) is 11.5 Å². The number of hydrogen-bond donors (Lipinski definition) is 2. The van der Waals surface area contributed by atoms with E-state index < -0.39 is 0 Å². The van der Waals surface area contributed by atoms with Gasteiger partial charge in [0, 0.05) is 24.2 Å². The van der Waals surface area contributed by atoms with Crippen LogP contribution in [0, 0.1) is 0 Å². The molecular formula is C25H31N3O5. The minimum absolute atomic E-state index is 0.0962. The van der Waals surface area contributed by atoms with E-state index in [9.17, 15) is 14.4 Å². The summed E-state index contributed by atoms with van der Waals surface area (Å²) in [6.07, 6.45) is 1.40. The van der Waals surface area contributed by atoms with Gasteiger partial charge in [-0.3, -0.25) is 14.4 Å². The van der Waals surface area contributed by atoms with Crippen molar-refractivity contribution in [3.63, 3.8) is 0 Å². The van der Waals surface area contributed by atoms with E-state index in [1.54, 1.807) is 29.2 Å². The van der Waals surface area contributed by atoms with E-state index in [2.05, 4.69) is 10.6 Å². The number of hydrogen-bond acceptors (Lipinski definition) is 5. The molecule has 0 saturated carbocycles. The molecule has 1 heterocycles. The van der Waals surface area contributed by atoms with Gasteiger partial charge in [0.1, 0.15) is 0 Å². The van der Waals surface area contributed by atoms with E-state index in [1.807, 2.05) is 39.0 Å². The van der Waals surface area contributed by atoms with Gasteiger partial charge in [0.25, 0.3) is 5.91 Å². The maximum Gasteiger partial charge on any atom is 0.251 e. The van der Waals surface area contributed by atoms with Crippen molar-refractivity contribution >= 4 is 23.4 Å².